The van der Waals surface area contributed by atoms with Crippen molar-refractivity contribution in [2.75, 3.05) is 0 Å². The van der Waals surface area contributed by atoms with Crippen LogP contribution in [0.3, 0.4) is 0 Å². The smallest absolute Gasteiger partial charge is 0.123 e. The fraction of sp³-hybridized carbons (Fsp3) is 0.227. The molecule has 50 heavy (non-hydrogen) atoms. The maximum absolute atomic E-state index is 13.7. The van der Waals surface area contributed by atoms with Crippen LogP contribution in [-0.2, 0) is 26.5 Å². The zero-order valence-electron chi connectivity index (χ0n) is 28.8. The topological polar surface area (TPSA) is 25.8 Å². The van der Waals surface area contributed by atoms with Crippen molar-refractivity contribution < 1.29 is 24.5 Å². The average molecular weight is 869 g/mol. The molecule has 3 heterocycles. The molecule has 1 aliphatic rings. The van der Waals surface area contributed by atoms with Crippen LogP contribution >= 0.6 is 11.3 Å². The van der Waals surface area contributed by atoms with Gasteiger partial charge >= 0.3 is 0 Å². The van der Waals surface area contributed by atoms with Gasteiger partial charge < -0.3 is 9.97 Å². The van der Waals surface area contributed by atoms with Crippen LogP contribution in [0, 0.1) is 23.9 Å². The molecule has 0 aliphatic heterocycles. The van der Waals surface area contributed by atoms with E-state index in [0.717, 1.165) is 50.7 Å². The van der Waals surface area contributed by atoms with Gasteiger partial charge in [-0.2, -0.15) is 11.3 Å². The van der Waals surface area contributed by atoms with Gasteiger partial charge in [-0.15, -0.1) is 53.6 Å². The zero-order valence-corrected chi connectivity index (χ0v) is 33.0. The Bertz CT molecular complexity index is 2170. The van der Waals surface area contributed by atoms with Gasteiger partial charge in [0, 0.05) is 37.2 Å². The molecule has 6 heteroatoms. The molecule has 7 aromatic rings. The third-order valence-corrected chi connectivity index (χ3v) is 12.6. The summed E-state index contributed by atoms with van der Waals surface area (Å²) in [7, 11) is -1.23. The molecule has 0 spiro atoms. The van der Waals surface area contributed by atoms with E-state index in [9.17, 15) is 4.39 Å². The van der Waals surface area contributed by atoms with Crippen molar-refractivity contribution in [3.05, 3.63) is 139 Å². The Labute approximate surface area is 314 Å². The fourth-order valence-corrected chi connectivity index (χ4v) is 8.96. The Hall–Kier alpha value is -3.80. The van der Waals surface area contributed by atoms with Crippen LogP contribution in [0.4, 0.5) is 4.39 Å². The number of benzene rings is 4. The molecule has 0 amide bonds. The molecule has 4 aromatic carbocycles. The summed E-state index contributed by atoms with van der Waals surface area (Å²) in [5.74, 6) is 0.572. The van der Waals surface area contributed by atoms with Gasteiger partial charge in [0.2, 0.25) is 0 Å². The van der Waals surface area contributed by atoms with Gasteiger partial charge in [-0.3, -0.25) is 0 Å². The van der Waals surface area contributed by atoms with Gasteiger partial charge in [-0.05, 0) is 68.8 Å². The van der Waals surface area contributed by atoms with Gasteiger partial charge in [0.15, 0.2) is 0 Å². The van der Waals surface area contributed by atoms with Gasteiger partial charge in [-0.25, -0.2) is 4.39 Å². The van der Waals surface area contributed by atoms with E-state index in [1.54, 1.807) is 11.3 Å². The number of hydrogen-bond donors (Lipinski definition) is 0. The average Bonchev–Trinajstić information content (AvgIpc) is 3.51. The van der Waals surface area contributed by atoms with E-state index in [0.29, 0.717) is 0 Å². The van der Waals surface area contributed by atoms with E-state index in [4.69, 9.17) is 4.98 Å². The summed E-state index contributed by atoms with van der Waals surface area (Å²) in [4.78, 5) is 9.24. The number of fused-ring (bicyclic) bond motifs is 3. The van der Waals surface area contributed by atoms with Crippen molar-refractivity contribution in [3.63, 3.8) is 0 Å². The summed E-state index contributed by atoms with van der Waals surface area (Å²) in [6.45, 7) is 7.00. The molecule has 1 fully saturated rings. The molecule has 255 valence electrons. The van der Waals surface area contributed by atoms with Crippen molar-refractivity contribution in [1.29, 1.82) is 0 Å². The van der Waals surface area contributed by atoms with Crippen LogP contribution < -0.4 is 5.19 Å². The normalized spacial score (nSPS) is 13.4. The van der Waals surface area contributed by atoms with Crippen molar-refractivity contribution >= 4 is 44.8 Å². The molecule has 3 aromatic heterocycles. The molecule has 0 unspecified atom stereocenters. The summed E-state index contributed by atoms with van der Waals surface area (Å²) >= 11 is 1.76. The molecular weight excluding hydrogens is 828 g/mol. The first-order valence-electron chi connectivity index (χ1n) is 17.3. The molecule has 1 saturated carbocycles. The van der Waals surface area contributed by atoms with E-state index in [1.165, 1.54) is 70.5 Å². The summed E-state index contributed by atoms with van der Waals surface area (Å²) in [5.41, 5.74) is 7.51. The number of hydrogen-bond acceptors (Lipinski definition) is 3. The predicted octanol–water partition coefficient (Wildman–Crippen LogP) is 11.9. The summed E-state index contributed by atoms with van der Waals surface area (Å²) < 4.78 is 16.0. The molecule has 0 bridgehead atoms. The number of aromatic nitrogens is 2. The Morgan fingerprint density at radius 3 is 2.30 bits per heavy atom. The first kappa shape index (κ1) is 36.0. The third kappa shape index (κ3) is 8.38. The quantitative estimate of drug-likeness (QED) is 0.123. The Kier molecular flexibility index (Phi) is 11.5. The third-order valence-electron chi connectivity index (χ3n) is 9.52. The standard InChI is InChI=1S/C30H25FNS.C14H16NSi.Ir/c31-24-12-10-22(11-13-24)26-18-23(19-29-30(26)25-8-4-5-9-28(25)33-29)27-17-21(14-15-32-27)16-20-6-2-1-3-7-20;1-16(2,3)13-9-10-14(15-11-13)12-7-5-4-6-8-12;/h4-5,8-15,17-18,20H,1-3,6-7,16H2;4-7,9-11H,1-3H3;/q2*-1;. The van der Waals surface area contributed by atoms with Gasteiger partial charge in [0.25, 0.3) is 0 Å². The molecule has 2 nitrogen and oxygen atoms in total. The van der Waals surface area contributed by atoms with Gasteiger partial charge in [-0.1, -0.05) is 117 Å². The molecular formula is C44H41FIrN2SSi-2. The van der Waals surface area contributed by atoms with Crippen molar-refractivity contribution in [3.8, 4) is 33.6 Å². The van der Waals surface area contributed by atoms with E-state index in [2.05, 4.69) is 91.4 Å². The second kappa shape index (κ2) is 16.0. The largest absolute Gasteiger partial charge is 0.305 e. The van der Waals surface area contributed by atoms with Crippen LogP contribution in [0.25, 0.3) is 53.8 Å². The first-order valence-corrected chi connectivity index (χ1v) is 21.7. The van der Waals surface area contributed by atoms with Crippen LogP contribution in [0.5, 0.6) is 0 Å². The number of rotatable bonds is 6. The van der Waals surface area contributed by atoms with E-state index in [1.807, 2.05) is 48.8 Å². The molecule has 8 rings (SSSR count). The maximum atomic E-state index is 13.7. The number of halogens is 1. The van der Waals surface area contributed by atoms with Gasteiger partial charge in [0.05, 0.1) is 8.07 Å². The minimum Gasteiger partial charge on any atom is -0.305 e. The van der Waals surface area contributed by atoms with E-state index in [-0.39, 0.29) is 25.9 Å². The molecule has 0 atom stereocenters. The fourth-order valence-electron chi connectivity index (χ4n) is 6.79. The summed E-state index contributed by atoms with van der Waals surface area (Å²) in [6, 6.07) is 41.0. The SMILES string of the molecule is C[Si](C)(C)c1ccc(-c2[c-]cccc2)nc1.Fc1ccc(-c2cc(-c3cc(CC4CCCCC4)ccn3)[c-]c3sc4ccccc4c23)cc1.[Ir]. The van der Waals surface area contributed by atoms with Crippen molar-refractivity contribution in [1.82, 2.24) is 9.97 Å². The minimum atomic E-state index is -1.23. The second-order valence-electron chi connectivity index (χ2n) is 14.1. The second-order valence-corrected chi connectivity index (χ2v) is 20.3. The Morgan fingerprint density at radius 1 is 0.800 bits per heavy atom. The number of nitrogens with zero attached hydrogens (tertiary/aromatic N) is 2. The van der Waals surface area contributed by atoms with E-state index < -0.39 is 8.07 Å². The Morgan fingerprint density at radius 2 is 1.58 bits per heavy atom. The molecule has 1 radical (unpaired) electrons. The molecule has 1 aliphatic carbocycles. The van der Waals surface area contributed by atoms with Crippen molar-refractivity contribution in [2.45, 2.75) is 58.2 Å². The molecule has 0 N–H and O–H groups in total. The summed E-state index contributed by atoms with van der Waals surface area (Å²) in [6.07, 6.45) is 11.9. The van der Waals surface area contributed by atoms with Gasteiger partial charge in [0.1, 0.15) is 5.82 Å². The van der Waals surface area contributed by atoms with Crippen molar-refractivity contribution in [2.24, 2.45) is 5.92 Å². The summed E-state index contributed by atoms with van der Waals surface area (Å²) in [5, 5.41) is 3.80. The molecule has 0 saturated heterocycles. The number of pyridine rings is 2. The van der Waals surface area contributed by atoms with E-state index >= 15 is 0 Å². The monoisotopic (exact) mass is 869 g/mol. The first-order chi connectivity index (χ1) is 23.8. The van der Waals surface area contributed by atoms with Crippen LogP contribution in [-0.4, -0.2) is 18.0 Å². The van der Waals surface area contributed by atoms with Crippen LogP contribution in [0.2, 0.25) is 19.6 Å². The maximum Gasteiger partial charge on any atom is 0.123 e. The Balaban J connectivity index is 0.000000215. The minimum absolute atomic E-state index is 0. The number of thiophene rings is 1. The zero-order chi connectivity index (χ0) is 33.8. The van der Waals surface area contributed by atoms with Crippen LogP contribution in [0.1, 0.15) is 37.7 Å². The predicted molar refractivity (Wildman–Crippen MR) is 209 cm³/mol. The van der Waals surface area contributed by atoms with Crippen LogP contribution in [0.15, 0.2) is 116 Å².